The summed E-state index contributed by atoms with van der Waals surface area (Å²) in [6.45, 7) is 6.08. The van der Waals surface area contributed by atoms with E-state index < -0.39 is 20.2 Å². The third kappa shape index (κ3) is 4.52. The van der Waals surface area contributed by atoms with Crippen molar-refractivity contribution in [3.05, 3.63) is 0 Å². The average molecular weight is 277 g/mol. The van der Waals surface area contributed by atoms with E-state index in [2.05, 4.69) is 5.32 Å². The van der Waals surface area contributed by atoms with Gasteiger partial charge in [0, 0.05) is 13.1 Å². The summed E-state index contributed by atoms with van der Waals surface area (Å²) in [7, 11) is -3.06. The zero-order valence-electron chi connectivity index (χ0n) is 11.8. The molecule has 0 bridgehead atoms. The zero-order valence-corrected chi connectivity index (χ0v) is 12.6. The minimum Gasteiger partial charge on any atom is -0.389 e. The van der Waals surface area contributed by atoms with Crippen LogP contribution in [-0.2, 0) is 9.84 Å². The summed E-state index contributed by atoms with van der Waals surface area (Å²) < 4.78 is 23.1. The number of rotatable bonds is 5. The predicted octanol–water partition coefficient (Wildman–Crippen LogP) is 1.48. The summed E-state index contributed by atoms with van der Waals surface area (Å²) in [5.41, 5.74) is -0.621. The third-order valence-electron chi connectivity index (χ3n) is 3.72. The van der Waals surface area contributed by atoms with Gasteiger partial charge in [-0.2, -0.15) is 0 Å². The standard InChI is InChI=1S/C13H27NO3S/c1-12(2,3)18(16,17)10-9-14-11-13(15)7-5-4-6-8-13/h14-15H,4-11H2,1-3H3. The molecule has 5 heteroatoms. The molecule has 18 heavy (non-hydrogen) atoms. The third-order valence-corrected chi connectivity index (χ3v) is 6.33. The maximum atomic E-state index is 11.9. The molecule has 0 aliphatic heterocycles. The first-order valence-corrected chi connectivity index (χ1v) is 8.47. The lowest BCUT2D eigenvalue weighted by atomic mass is 9.85. The van der Waals surface area contributed by atoms with Gasteiger partial charge in [-0.15, -0.1) is 0 Å². The Bertz CT molecular complexity index is 351. The summed E-state index contributed by atoms with van der Waals surface area (Å²) in [6.07, 6.45) is 4.98. The minimum atomic E-state index is -3.06. The van der Waals surface area contributed by atoms with Crippen molar-refractivity contribution in [1.82, 2.24) is 5.32 Å². The van der Waals surface area contributed by atoms with Crippen LogP contribution in [-0.4, -0.2) is 42.7 Å². The molecule has 108 valence electrons. The highest BCUT2D eigenvalue weighted by molar-refractivity contribution is 7.92. The van der Waals surface area contributed by atoms with Crippen LogP contribution in [0.1, 0.15) is 52.9 Å². The Kier molecular flexibility index (Phi) is 5.21. The van der Waals surface area contributed by atoms with Gasteiger partial charge in [0.2, 0.25) is 0 Å². The lowest BCUT2D eigenvalue weighted by Gasteiger charge is -2.32. The highest BCUT2D eigenvalue weighted by Crippen LogP contribution is 2.27. The Morgan fingerprint density at radius 1 is 1.17 bits per heavy atom. The lowest BCUT2D eigenvalue weighted by molar-refractivity contribution is 0.00543. The molecule has 1 fully saturated rings. The smallest absolute Gasteiger partial charge is 0.156 e. The molecule has 0 aromatic carbocycles. The number of sulfone groups is 1. The van der Waals surface area contributed by atoms with Crippen LogP contribution in [0.25, 0.3) is 0 Å². The summed E-state index contributed by atoms with van der Waals surface area (Å²) in [5, 5.41) is 13.3. The Balaban J connectivity index is 2.31. The van der Waals surface area contributed by atoms with Crippen LogP contribution in [0.15, 0.2) is 0 Å². The fourth-order valence-electron chi connectivity index (χ4n) is 2.22. The van der Waals surface area contributed by atoms with Crippen LogP contribution in [0.2, 0.25) is 0 Å². The van der Waals surface area contributed by atoms with Crippen molar-refractivity contribution >= 4 is 9.84 Å². The first-order valence-electron chi connectivity index (χ1n) is 6.82. The van der Waals surface area contributed by atoms with Gasteiger partial charge < -0.3 is 10.4 Å². The van der Waals surface area contributed by atoms with Gasteiger partial charge in [-0.25, -0.2) is 8.42 Å². The largest absolute Gasteiger partial charge is 0.389 e. The van der Waals surface area contributed by atoms with E-state index in [0.29, 0.717) is 13.1 Å². The molecule has 0 unspecified atom stereocenters. The van der Waals surface area contributed by atoms with Crippen LogP contribution >= 0.6 is 0 Å². The fourth-order valence-corrected chi connectivity index (χ4v) is 3.25. The van der Waals surface area contributed by atoms with E-state index in [4.69, 9.17) is 0 Å². The van der Waals surface area contributed by atoms with Crippen LogP contribution in [0.4, 0.5) is 0 Å². The van der Waals surface area contributed by atoms with Gasteiger partial charge in [0.15, 0.2) is 9.84 Å². The van der Waals surface area contributed by atoms with E-state index >= 15 is 0 Å². The Morgan fingerprint density at radius 2 is 1.72 bits per heavy atom. The van der Waals surface area contributed by atoms with Crippen LogP contribution in [0.3, 0.4) is 0 Å². The molecule has 0 aromatic heterocycles. The molecule has 0 atom stereocenters. The second kappa shape index (κ2) is 5.88. The molecule has 1 aliphatic carbocycles. The van der Waals surface area contributed by atoms with Crippen molar-refractivity contribution in [3.63, 3.8) is 0 Å². The van der Waals surface area contributed by atoms with E-state index in [1.165, 1.54) is 6.42 Å². The maximum absolute atomic E-state index is 11.9. The molecular weight excluding hydrogens is 250 g/mol. The lowest BCUT2D eigenvalue weighted by Crippen LogP contribution is -2.44. The van der Waals surface area contributed by atoms with Crippen molar-refractivity contribution in [1.29, 1.82) is 0 Å². The van der Waals surface area contributed by atoms with Crippen LogP contribution in [0.5, 0.6) is 0 Å². The molecule has 2 N–H and O–H groups in total. The first-order chi connectivity index (χ1) is 8.16. The summed E-state index contributed by atoms with van der Waals surface area (Å²) in [4.78, 5) is 0. The maximum Gasteiger partial charge on any atom is 0.156 e. The van der Waals surface area contributed by atoms with Gasteiger partial charge >= 0.3 is 0 Å². The number of hydrogen-bond donors (Lipinski definition) is 2. The van der Waals surface area contributed by atoms with Crippen LogP contribution in [0, 0.1) is 0 Å². The van der Waals surface area contributed by atoms with Gasteiger partial charge in [0.1, 0.15) is 0 Å². The number of aliphatic hydroxyl groups is 1. The van der Waals surface area contributed by atoms with E-state index in [1.54, 1.807) is 20.8 Å². The van der Waals surface area contributed by atoms with Crippen LogP contribution < -0.4 is 5.32 Å². The molecule has 0 heterocycles. The summed E-state index contributed by atoms with van der Waals surface area (Å²) in [5.74, 6) is 0.132. The Hall–Kier alpha value is -0.130. The molecule has 1 saturated carbocycles. The average Bonchev–Trinajstić information content (AvgIpc) is 2.24. The first kappa shape index (κ1) is 15.9. The topological polar surface area (TPSA) is 66.4 Å². The normalized spacial score (nSPS) is 20.9. The predicted molar refractivity (Wildman–Crippen MR) is 74.4 cm³/mol. The molecule has 1 aliphatic rings. The van der Waals surface area contributed by atoms with Gasteiger partial charge in [0.25, 0.3) is 0 Å². The molecule has 0 amide bonds. The second-order valence-corrected chi connectivity index (χ2v) is 9.26. The molecule has 0 aromatic rings. The van der Waals surface area contributed by atoms with Crippen molar-refractivity contribution < 1.29 is 13.5 Å². The molecule has 4 nitrogen and oxygen atoms in total. The SMILES string of the molecule is CC(C)(C)S(=O)(=O)CCNCC1(O)CCCCC1. The fraction of sp³-hybridized carbons (Fsp3) is 1.00. The molecule has 1 rings (SSSR count). The van der Waals surface area contributed by atoms with Gasteiger partial charge in [-0.3, -0.25) is 0 Å². The molecule has 0 radical (unpaired) electrons. The number of nitrogens with one attached hydrogen (secondary N) is 1. The van der Waals surface area contributed by atoms with E-state index in [0.717, 1.165) is 25.7 Å². The van der Waals surface area contributed by atoms with Crippen molar-refractivity contribution in [2.75, 3.05) is 18.8 Å². The van der Waals surface area contributed by atoms with E-state index in [9.17, 15) is 13.5 Å². The Labute approximate surface area is 111 Å². The molecule has 0 spiro atoms. The minimum absolute atomic E-state index is 0.132. The Morgan fingerprint density at radius 3 is 2.22 bits per heavy atom. The van der Waals surface area contributed by atoms with E-state index in [1.807, 2.05) is 0 Å². The summed E-state index contributed by atoms with van der Waals surface area (Å²) in [6, 6.07) is 0. The van der Waals surface area contributed by atoms with Crippen molar-refractivity contribution in [3.8, 4) is 0 Å². The van der Waals surface area contributed by atoms with Gasteiger partial charge in [-0.05, 0) is 33.6 Å². The highest BCUT2D eigenvalue weighted by Gasteiger charge is 2.30. The zero-order chi connectivity index (χ0) is 13.9. The van der Waals surface area contributed by atoms with Crippen molar-refractivity contribution in [2.45, 2.75) is 63.2 Å². The van der Waals surface area contributed by atoms with Gasteiger partial charge in [-0.1, -0.05) is 19.3 Å². The molecular formula is C13H27NO3S. The summed E-state index contributed by atoms with van der Waals surface area (Å²) >= 11 is 0. The highest BCUT2D eigenvalue weighted by atomic mass is 32.2. The monoisotopic (exact) mass is 277 g/mol. The second-order valence-electron chi connectivity index (χ2n) is 6.39. The van der Waals surface area contributed by atoms with Gasteiger partial charge in [0.05, 0.1) is 16.1 Å². The quantitative estimate of drug-likeness (QED) is 0.747. The molecule has 0 saturated heterocycles. The number of hydrogen-bond acceptors (Lipinski definition) is 4. The van der Waals surface area contributed by atoms with Crippen molar-refractivity contribution in [2.24, 2.45) is 0 Å². The van der Waals surface area contributed by atoms with E-state index in [-0.39, 0.29) is 5.75 Å².